The fraction of sp³-hybridized carbons (Fsp3) is 0.588. The number of carbonyl (C=O) groups excluding carboxylic acids is 1. The van der Waals surface area contributed by atoms with E-state index in [0.29, 0.717) is 6.42 Å². The zero-order valence-electron chi connectivity index (χ0n) is 13.1. The lowest BCUT2D eigenvalue weighted by atomic mass is 10.00. The van der Waals surface area contributed by atoms with Crippen molar-refractivity contribution in [3.8, 4) is 5.75 Å². The van der Waals surface area contributed by atoms with Gasteiger partial charge in [0, 0.05) is 38.5 Å². The number of benzene rings is 1. The number of nitrogens with zero attached hydrogens (tertiary/aromatic N) is 1. The van der Waals surface area contributed by atoms with Crippen LogP contribution in [0.2, 0.25) is 0 Å². The first-order chi connectivity index (χ1) is 9.93. The molecule has 2 aliphatic heterocycles. The van der Waals surface area contributed by atoms with Crippen molar-refractivity contribution in [2.75, 3.05) is 13.1 Å². The Hall–Kier alpha value is -1.55. The van der Waals surface area contributed by atoms with Crippen LogP contribution >= 0.6 is 0 Å². The summed E-state index contributed by atoms with van der Waals surface area (Å²) in [4.78, 5) is 13.9. The molecule has 21 heavy (non-hydrogen) atoms. The topological polar surface area (TPSA) is 41.6 Å². The SMILES string of the molecule is CC1CC(=O)NCCN1Cc1ccc2c(c1)CC(C)(C)O2. The summed E-state index contributed by atoms with van der Waals surface area (Å²) >= 11 is 0. The minimum absolute atomic E-state index is 0.0901. The number of ether oxygens (including phenoxy) is 1. The zero-order valence-corrected chi connectivity index (χ0v) is 13.1. The van der Waals surface area contributed by atoms with Crippen molar-refractivity contribution in [3.63, 3.8) is 0 Å². The first-order valence-electron chi connectivity index (χ1n) is 7.74. The highest BCUT2D eigenvalue weighted by molar-refractivity contribution is 5.76. The van der Waals surface area contributed by atoms with E-state index in [0.717, 1.165) is 31.8 Å². The maximum Gasteiger partial charge on any atom is 0.221 e. The molecule has 1 fully saturated rings. The molecule has 1 N–H and O–H groups in total. The Morgan fingerprint density at radius 2 is 2.24 bits per heavy atom. The summed E-state index contributed by atoms with van der Waals surface area (Å²) < 4.78 is 5.93. The van der Waals surface area contributed by atoms with Gasteiger partial charge in [0.1, 0.15) is 11.4 Å². The highest BCUT2D eigenvalue weighted by atomic mass is 16.5. The summed E-state index contributed by atoms with van der Waals surface area (Å²) in [5, 5.41) is 2.94. The van der Waals surface area contributed by atoms with Gasteiger partial charge in [-0.25, -0.2) is 0 Å². The van der Waals surface area contributed by atoms with Gasteiger partial charge in [-0.1, -0.05) is 12.1 Å². The smallest absolute Gasteiger partial charge is 0.221 e. The molecule has 2 aliphatic rings. The Balaban J connectivity index is 1.73. The zero-order chi connectivity index (χ0) is 15.0. The Kier molecular flexibility index (Phi) is 3.66. The standard InChI is InChI=1S/C17H24N2O2/c1-12-8-16(20)18-6-7-19(12)11-13-4-5-15-14(9-13)10-17(2,3)21-15/h4-5,9,12H,6-8,10-11H2,1-3H3,(H,18,20). The van der Waals surface area contributed by atoms with Crippen LogP contribution in [0.3, 0.4) is 0 Å². The van der Waals surface area contributed by atoms with E-state index >= 15 is 0 Å². The van der Waals surface area contributed by atoms with Gasteiger partial charge in [0.15, 0.2) is 0 Å². The second-order valence-corrected chi connectivity index (χ2v) is 6.85. The highest BCUT2D eigenvalue weighted by Crippen LogP contribution is 2.35. The summed E-state index contributed by atoms with van der Waals surface area (Å²) in [5.41, 5.74) is 2.51. The predicted octanol–water partition coefficient (Wildman–Crippen LogP) is 2.11. The molecule has 1 atom stereocenters. The van der Waals surface area contributed by atoms with Gasteiger partial charge in [-0.15, -0.1) is 0 Å². The highest BCUT2D eigenvalue weighted by Gasteiger charge is 2.30. The van der Waals surface area contributed by atoms with Crippen LogP contribution in [-0.4, -0.2) is 35.5 Å². The number of nitrogens with one attached hydrogen (secondary N) is 1. The molecule has 0 spiro atoms. The largest absolute Gasteiger partial charge is 0.487 e. The molecule has 4 heteroatoms. The van der Waals surface area contributed by atoms with Crippen molar-refractivity contribution in [3.05, 3.63) is 29.3 Å². The molecule has 1 amide bonds. The van der Waals surface area contributed by atoms with Gasteiger partial charge in [-0.05, 0) is 38.0 Å². The maximum atomic E-state index is 11.6. The Morgan fingerprint density at radius 1 is 1.43 bits per heavy atom. The summed E-state index contributed by atoms with van der Waals surface area (Å²) in [6, 6.07) is 6.78. The van der Waals surface area contributed by atoms with E-state index in [2.05, 4.69) is 49.2 Å². The van der Waals surface area contributed by atoms with Gasteiger partial charge in [-0.3, -0.25) is 9.69 Å². The molecular formula is C17H24N2O2. The van der Waals surface area contributed by atoms with E-state index < -0.39 is 0 Å². The van der Waals surface area contributed by atoms with Crippen molar-refractivity contribution in [2.45, 2.75) is 51.8 Å². The molecule has 114 valence electrons. The third-order valence-corrected chi connectivity index (χ3v) is 4.34. The lowest BCUT2D eigenvalue weighted by Crippen LogP contribution is -2.33. The number of hydrogen-bond donors (Lipinski definition) is 1. The van der Waals surface area contributed by atoms with Gasteiger partial charge in [0.25, 0.3) is 0 Å². The van der Waals surface area contributed by atoms with Crippen LogP contribution in [0.4, 0.5) is 0 Å². The molecule has 3 rings (SSSR count). The second-order valence-electron chi connectivity index (χ2n) is 6.85. The van der Waals surface area contributed by atoms with Crippen LogP contribution < -0.4 is 10.1 Å². The molecule has 0 radical (unpaired) electrons. The molecule has 0 saturated carbocycles. The fourth-order valence-corrected chi connectivity index (χ4v) is 3.26. The van der Waals surface area contributed by atoms with Gasteiger partial charge in [0.2, 0.25) is 5.91 Å². The number of rotatable bonds is 2. The molecule has 1 aromatic rings. The first-order valence-corrected chi connectivity index (χ1v) is 7.74. The van der Waals surface area contributed by atoms with E-state index in [1.165, 1.54) is 11.1 Å². The van der Waals surface area contributed by atoms with E-state index in [-0.39, 0.29) is 17.6 Å². The van der Waals surface area contributed by atoms with Crippen LogP contribution in [0.5, 0.6) is 5.75 Å². The van der Waals surface area contributed by atoms with Crippen LogP contribution in [0, 0.1) is 0 Å². The molecular weight excluding hydrogens is 264 g/mol. The Morgan fingerprint density at radius 3 is 3.05 bits per heavy atom. The Bertz CT molecular complexity index is 554. The van der Waals surface area contributed by atoms with E-state index in [1.54, 1.807) is 0 Å². The van der Waals surface area contributed by atoms with Gasteiger partial charge < -0.3 is 10.1 Å². The number of carbonyl (C=O) groups is 1. The summed E-state index contributed by atoms with van der Waals surface area (Å²) in [7, 11) is 0. The van der Waals surface area contributed by atoms with Gasteiger partial charge in [-0.2, -0.15) is 0 Å². The molecule has 1 unspecified atom stereocenters. The van der Waals surface area contributed by atoms with Crippen LogP contribution in [0.25, 0.3) is 0 Å². The summed E-state index contributed by atoms with van der Waals surface area (Å²) in [6.45, 7) is 8.92. The van der Waals surface area contributed by atoms with Crippen molar-refractivity contribution in [2.24, 2.45) is 0 Å². The molecule has 0 aliphatic carbocycles. The van der Waals surface area contributed by atoms with Crippen LogP contribution in [0.1, 0.15) is 38.3 Å². The first kappa shape index (κ1) is 14.4. The quantitative estimate of drug-likeness (QED) is 0.906. The monoisotopic (exact) mass is 288 g/mol. The van der Waals surface area contributed by atoms with E-state index in [4.69, 9.17) is 4.74 Å². The van der Waals surface area contributed by atoms with E-state index in [1.807, 2.05) is 0 Å². The molecule has 0 aromatic heterocycles. The minimum atomic E-state index is -0.0901. The number of amides is 1. The van der Waals surface area contributed by atoms with Crippen molar-refractivity contribution >= 4 is 5.91 Å². The molecule has 2 heterocycles. The third-order valence-electron chi connectivity index (χ3n) is 4.34. The number of fused-ring (bicyclic) bond motifs is 1. The lowest BCUT2D eigenvalue weighted by Gasteiger charge is -2.26. The van der Waals surface area contributed by atoms with Crippen LogP contribution in [0.15, 0.2) is 18.2 Å². The number of hydrogen-bond acceptors (Lipinski definition) is 3. The Labute approximate surface area is 126 Å². The van der Waals surface area contributed by atoms with Crippen molar-refractivity contribution in [1.82, 2.24) is 10.2 Å². The molecule has 0 bridgehead atoms. The van der Waals surface area contributed by atoms with Crippen molar-refractivity contribution in [1.29, 1.82) is 0 Å². The molecule has 4 nitrogen and oxygen atoms in total. The van der Waals surface area contributed by atoms with Gasteiger partial charge >= 0.3 is 0 Å². The third kappa shape index (κ3) is 3.21. The average molecular weight is 288 g/mol. The predicted molar refractivity (Wildman–Crippen MR) is 82.4 cm³/mol. The summed E-state index contributed by atoms with van der Waals surface area (Å²) in [5.74, 6) is 1.18. The minimum Gasteiger partial charge on any atom is -0.487 e. The average Bonchev–Trinajstić information content (AvgIpc) is 2.60. The lowest BCUT2D eigenvalue weighted by molar-refractivity contribution is -0.121. The summed E-state index contributed by atoms with van der Waals surface area (Å²) in [6.07, 6.45) is 1.55. The van der Waals surface area contributed by atoms with Crippen LogP contribution in [-0.2, 0) is 17.8 Å². The molecule has 1 aromatic carbocycles. The normalized spacial score (nSPS) is 24.9. The fourth-order valence-electron chi connectivity index (χ4n) is 3.26. The maximum absolute atomic E-state index is 11.6. The van der Waals surface area contributed by atoms with E-state index in [9.17, 15) is 4.79 Å². The van der Waals surface area contributed by atoms with Crippen molar-refractivity contribution < 1.29 is 9.53 Å². The van der Waals surface area contributed by atoms with Gasteiger partial charge in [0.05, 0.1) is 0 Å². The molecule has 1 saturated heterocycles. The second kappa shape index (κ2) is 5.34.